The van der Waals surface area contributed by atoms with Crippen molar-refractivity contribution in [2.45, 2.75) is 13.3 Å². The second kappa shape index (κ2) is 9.89. The third-order valence-electron chi connectivity index (χ3n) is 3.04. The van der Waals surface area contributed by atoms with Crippen LogP contribution in [0.4, 0.5) is 5.69 Å². The number of hydrogen-bond acceptors (Lipinski definition) is 2. The molecule has 0 heterocycles. The molecule has 0 aliphatic rings. The Balaban J connectivity index is 2.30. The van der Waals surface area contributed by atoms with Crippen LogP contribution >= 0.6 is 0 Å². The number of aliphatic imine (C=N–C) groups is 1. The minimum Gasteiger partial charge on any atom is -0.372 e. The maximum atomic E-state index is 4.15. The summed E-state index contributed by atoms with van der Waals surface area (Å²) in [6, 6.07) is 10.5. The number of nitrogens with zero attached hydrogens (tertiary/aromatic N) is 2. The Kier molecular flexibility index (Phi) is 7.96. The van der Waals surface area contributed by atoms with Gasteiger partial charge in [0.2, 0.25) is 0 Å². The van der Waals surface area contributed by atoms with E-state index in [2.05, 4.69) is 58.3 Å². The summed E-state index contributed by atoms with van der Waals surface area (Å²) in [5.41, 5.74) is 1.28. The van der Waals surface area contributed by atoms with Gasteiger partial charge in [0.25, 0.3) is 0 Å². The van der Waals surface area contributed by atoms with E-state index < -0.39 is 0 Å². The highest BCUT2D eigenvalue weighted by Crippen LogP contribution is 2.12. The summed E-state index contributed by atoms with van der Waals surface area (Å²) in [7, 11) is 1.78. The minimum absolute atomic E-state index is 0.727. The van der Waals surface area contributed by atoms with E-state index in [1.165, 1.54) is 5.69 Å². The fourth-order valence-electron chi connectivity index (χ4n) is 1.97. The highest BCUT2D eigenvalue weighted by molar-refractivity contribution is 5.79. The zero-order valence-corrected chi connectivity index (χ0v) is 12.6. The molecule has 0 radical (unpaired) electrons. The predicted octanol–water partition coefficient (Wildman–Crippen LogP) is 2.25. The van der Waals surface area contributed by atoms with Crippen molar-refractivity contribution in [1.82, 2.24) is 10.6 Å². The van der Waals surface area contributed by atoms with Crippen LogP contribution in [0.2, 0.25) is 0 Å². The molecule has 0 saturated heterocycles. The van der Waals surface area contributed by atoms with Crippen LogP contribution in [0.1, 0.15) is 13.3 Å². The Morgan fingerprint density at radius 3 is 2.65 bits per heavy atom. The number of anilines is 1. The SMILES string of the molecule is C=CCNC(=NC)NCCCN(CC)c1ccccc1. The zero-order chi connectivity index (χ0) is 14.6. The van der Waals surface area contributed by atoms with Crippen molar-refractivity contribution >= 4 is 11.6 Å². The standard InChI is InChI=1S/C16H26N4/c1-4-12-18-16(17-3)19-13-9-14-20(5-2)15-10-7-6-8-11-15/h4,6-8,10-11H,1,5,9,12-14H2,2-3H3,(H2,17,18,19). The first-order valence-electron chi connectivity index (χ1n) is 7.17. The average molecular weight is 274 g/mol. The number of nitrogens with one attached hydrogen (secondary N) is 2. The third kappa shape index (κ3) is 5.78. The molecule has 1 aromatic rings. The van der Waals surface area contributed by atoms with Crippen molar-refractivity contribution in [1.29, 1.82) is 0 Å². The van der Waals surface area contributed by atoms with E-state index in [-0.39, 0.29) is 0 Å². The lowest BCUT2D eigenvalue weighted by atomic mass is 10.2. The van der Waals surface area contributed by atoms with Crippen LogP contribution in [0.3, 0.4) is 0 Å². The molecule has 0 unspecified atom stereocenters. The molecular weight excluding hydrogens is 248 g/mol. The van der Waals surface area contributed by atoms with Crippen LogP contribution in [0.15, 0.2) is 48.0 Å². The predicted molar refractivity (Wildman–Crippen MR) is 88.5 cm³/mol. The Hall–Kier alpha value is -1.97. The molecule has 0 bridgehead atoms. The van der Waals surface area contributed by atoms with Gasteiger partial charge in [0.15, 0.2) is 5.96 Å². The van der Waals surface area contributed by atoms with E-state index in [4.69, 9.17) is 0 Å². The molecule has 110 valence electrons. The number of hydrogen-bond donors (Lipinski definition) is 2. The number of rotatable bonds is 8. The van der Waals surface area contributed by atoms with Gasteiger partial charge < -0.3 is 15.5 Å². The van der Waals surface area contributed by atoms with Crippen LogP contribution < -0.4 is 15.5 Å². The smallest absolute Gasteiger partial charge is 0.191 e. The van der Waals surface area contributed by atoms with Gasteiger partial charge in [-0.2, -0.15) is 0 Å². The fourth-order valence-corrected chi connectivity index (χ4v) is 1.97. The summed E-state index contributed by atoms with van der Waals surface area (Å²) in [6.07, 6.45) is 2.89. The molecule has 4 heteroatoms. The van der Waals surface area contributed by atoms with Crippen LogP contribution in [-0.4, -0.2) is 39.2 Å². The summed E-state index contributed by atoms with van der Waals surface area (Å²) < 4.78 is 0. The van der Waals surface area contributed by atoms with Crippen molar-refractivity contribution in [3.8, 4) is 0 Å². The Bertz CT molecular complexity index is 400. The van der Waals surface area contributed by atoms with Crippen molar-refractivity contribution in [3.05, 3.63) is 43.0 Å². The van der Waals surface area contributed by atoms with Crippen LogP contribution in [0.25, 0.3) is 0 Å². The Labute approximate surface area is 122 Å². The fraction of sp³-hybridized carbons (Fsp3) is 0.438. The summed E-state index contributed by atoms with van der Waals surface area (Å²) in [5.74, 6) is 0.827. The maximum absolute atomic E-state index is 4.15. The molecule has 0 aliphatic heterocycles. The quantitative estimate of drug-likeness (QED) is 0.330. The zero-order valence-electron chi connectivity index (χ0n) is 12.6. The molecular formula is C16H26N4. The minimum atomic E-state index is 0.727. The lowest BCUT2D eigenvalue weighted by Gasteiger charge is -2.23. The first kappa shape index (κ1) is 16.1. The molecule has 20 heavy (non-hydrogen) atoms. The van der Waals surface area contributed by atoms with Crippen LogP contribution in [0.5, 0.6) is 0 Å². The first-order chi connectivity index (χ1) is 9.81. The van der Waals surface area contributed by atoms with Crippen molar-refractivity contribution in [2.75, 3.05) is 38.1 Å². The van der Waals surface area contributed by atoms with Gasteiger partial charge in [0, 0.05) is 38.9 Å². The molecule has 0 amide bonds. The molecule has 2 N–H and O–H groups in total. The maximum Gasteiger partial charge on any atom is 0.191 e. The van der Waals surface area contributed by atoms with Crippen molar-refractivity contribution in [2.24, 2.45) is 4.99 Å². The van der Waals surface area contributed by atoms with Crippen molar-refractivity contribution < 1.29 is 0 Å². The van der Waals surface area contributed by atoms with Crippen LogP contribution in [0, 0.1) is 0 Å². The van der Waals surface area contributed by atoms with Gasteiger partial charge in [0.1, 0.15) is 0 Å². The van der Waals surface area contributed by atoms with Crippen molar-refractivity contribution in [3.63, 3.8) is 0 Å². The summed E-state index contributed by atoms with van der Waals surface area (Å²) in [6.45, 7) is 9.55. The van der Waals surface area contributed by atoms with Gasteiger partial charge in [0.05, 0.1) is 0 Å². The van der Waals surface area contributed by atoms with E-state index in [0.29, 0.717) is 0 Å². The topological polar surface area (TPSA) is 39.7 Å². The molecule has 0 aliphatic carbocycles. The van der Waals surface area contributed by atoms with Crippen LogP contribution in [-0.2, 0) is 0 Å². The van der Waals surface area contributed by atoms with E-state index in [1.54, 1.807) is 7.05 Å². The lowest BCUT2D eigenvalue weighted by Crippen LogP contribution is -2.38. The van der Waals surface area contributed by atoms with Gasteiger partial charge in [-0.05, 0) is 25.5 Å². The highest BCUT2D eigenvalue weighted by Gasteiger charge is 2.03. The molecule has 0 saturated carbocycles. The van der Waals surface area contributed by atoms with E-state index >= 15 is 0 Å². The van der Waals surface area contributed by atoms with Gasteiger partial charge in [-0.3, -0.25) is 4.99 Å². The Morgan fingerprint density at radius 2 is 2.05 bits per heavy atom. The highest BCUT2D eigenvalue weighted by atomic mass is 15.2. The monoisotopic (exact) mass is 274 g/mol. The number of benzene rings is 1. The molecule has 0 spiro atoms. The second-order valence-electron chi connectivity index (χ2n) is 4.44. The molecule has 0 atom stereocenters. The number of para-hydroxylation sites is 1. The van der Waals surface area contributed by atoms with Gasteiger partial charge in [-0.15, -0.1) is 6.58 Å². The second-order valence-corrected chi connectivity index (χ2v) is 4.44. The molecule has 0 aromatic heterocycles. The number of guanidine groups is 1. The van der Waals surface area contributed by atoms with E-state index in [1.807, 2.05) is 12.1 Å². The molecule has 4 nitrogen and oxygen atoms in total. The summed E-state index contributed by atoms with van der Waals surface area (Å²) in [5, 5.41) is 6.46. The average Bonchev–Trinajstić information content (AvgIpc) is 2.51. The van der Waals surface area contributed by atoms with E-state index in [9.17, 15) is 0 Å². The van der Waals surface area contributed by atoms with E-state index in [0.717, 1.165) is 38.6 Å². The molecule has 1 aromatic carbocycles. The molecule has 0 fully saturated rings. The van der Waals surface area contributed by atoms with Gasteiger partial charge in [-0.1, -0.05) is 24.3 Å². The Morgan fingerprint density at radius 1 is 1.30 bits per heavy atom. The summed E-state index contributed by atoms with van der Waals surface area (Å²) >= 11 is 0. The lowest BCUT2D eigenvalue weighted by molar-refractivity contribution is 0.713. The third-order valence-corrected chi connectivity index (χ3v) is 3.04. The normalized spacial score (nSPS) is 11.0. The first-order valence-corrected chi connectivity index (χ1v) is 7.17. The van der Waals surface area contributed by atoms with Gasteiger partial charge >= 0.3 is 0 Å². The van der Waals surface area contributed by atoms with Gasteiger partial charge in [-0.25, -0.2) is 0 Å². The summed E-state index contributed by atoms with van der Waals surface area (Å²) in [4.78, 5) is 6.53. The molecule has 1 rings (SSSR count). The largest absolute Gasteiger partial charge is 0.372 e.